The molecule has 2 aromatic heterocycles. The van der Waals surface area contributed by atoms with Gasteiger partial charge in [-0.15, -0.1) is 0 Å². The van der Waals surface area contributed by atoms with Crippen LogP contribution in [0.4, 0.5) is 0 Å². The van der Waals surface area contributed by atoms with E-state index < -0.39 is 23.6 Å². The van der Waals surface area contributed by atoms with Crippen LogP contribution in [0, 0.1) is 0 Å². The van der Waals surface area contributed by atoms with Crippen molar-refractivity contribution in [2.45, 2.75) is 0 Å². The van der Waals surface area contributed by atoms with Gasteiger partial charge in [-0.3, -0.25) is 20.6 Å². The number of carbonyl (C=O) groups excluding carboxylic acids is 2. The summed E-state index contributed by atoms with van der Waals surface area (Å²) in [6, 6.07) is 0. The second-order valence-electron chi connectivity index (χ2n) is 1.98. The molecule has 28 heavy (non-hydrogen) atoms. The summed E-state index contributed by atoms with van der Waals surface area (Å²) in [5.41, 5.74) is 0. The number of carboxylic acid groups (broad SMARTS) is 2. The van der Waals surface area contributed by atoms with E-state index in [-0.39, 0.29) is 88.9 Å². The Morgan fingerprint density at radius 2 is 0.821 bits per heavy atom. The summed E-state index contributed by atoms with van der Waals surface area (Å²) >= 11 is 0. The molecular formula is C4H26Mn2N8O14+6. The Morgan fingerprint density at radius 3 is 0.893 bits per heavy atom. The van der Waals surface area contributed by atoms with Gasteiger partial charge in [-0.05, 0) is 0 Å². The van der Waals surface area contributed by atoms with Crippen molar-refractivity contribution in [1.82, 2.24) is 41.2 Å². The van der Waals surface area contributed by atoms with Crippen LogP contribution < -0.4 is 20.4 Å². The number of rotatable bonds is 2. The van der Waals surface area contributed by atoms with Crippen LogP contribution in [0.3, 0.4) is 0 Å². The number of tetrazole rings is 2. The van der Waals surface area contributed by atoms with Crippen molar-refractivity contribution >= 4 is 11.9 Å². The number of carboxylic acids is 2. The van der Waals surface area contributed by atoms with E-state index in [2.05, 4.69) is 41.2 Å². The minimum Gasteiger partial charge on any atom is -0.544 e. The molecule has 26 N–H and O–H groups in total. The Kier molecular flexibility index (Phi) is 132. The topological polar surface area (TPSA) is 510 Å². The van der Waals surface area contributed by atoms with Crippen molar-refractivity contribution in [2.75, 3.05) is 0 Å². The third-order valence-corrected chi connectivity index (χ3v) is 1.00. The average molecular weight is 520 g/mol. The van der Waals surface area contributed by atoms with Crippen molar-refractivity contribution in [2.24, 2.45) is 0 Å². The first-order valence-corrected chi connectivity index (χ1v) is 3.41. The molecule has 2 heterocycles. The second kappa shape index (κ2) is 44.3. The van der Waals surface area contributed by atoms with E-state index in [4.69, 9.17) is 0 Å². The number of nitrogens with zero attached hydrogens (tertiary/aromatic N) is 8. The quantitative estimate of drug-likeness (QED) is 0.263. The van der Waals surface area contributed by atoms with Gasteiger partial charge < -0.3 is 84.8 Å². The first kappa shape index (κ1) is 83.5. The van der Waals surface area contributed by atoms with Gasteiger partial charge in [0, 0.05) is 0 Å². The van der Waals surface area contributed by atoms with Gasteiger partial charge in [0.25, 0.3) is 0 Å². The fourth-order valence-electron chi connectivity index (χ4n) is 0.453. The molecule has 0 spiro atoms. The SMILES string of the molecule is O.O.O.O.O=C([O-])c1nnn[n-]1.O=C([O-])c1nnn[n-]1.[Mn+2].[Mn+2].[OH3+].[OH3+].[OH3+].[OH3+].[OH3+].[OH3+]. The molecule has 22 nitrogen and oxygen atoms in total. The third kappa shape index (κ3) is 31.5. The van der Waals surface area contributed by atoms with Gasteiger partial charge >= 0.3 is 34.1 Å². The van der Waals surface area contributed by atoms with E-state index in [0.717, 1.165) is 0 Å². The fraction of sp³-hybridized carbons (Fsp3) is 0. The Morgan fingerprint density at radius 1 is 0.607 bits per heavy atom. The minimum absolute atomic E-state index is 0. The first-order valence-electron chi connectivity index (χ1n) is 3.41. The van der Waals surface area contributed by atoms with Gasteiger partial charge in [-0.1, -0.05) is 0 Å². The fourth-order valence-corrected chi connectivity index (χ4v) is 0.453. The maximum absolute atomic E-state index is 9.75. The normalized spacial score (nSPS) is 5.14. The molecule has 0 fully saturated rings. The van der Waals surface area contributed by atoms with E-state index in [0.29, 0.717) is 0 Å². The first-order chi connectivity index (χ1) is 7.61. The predicted molar refractivity (Wildman–Crippen MR) is 78.6 cm³/mol. The van der Waals surface area contributed by atoms with Gasteiger partial charge in [-0.2, -0.15) is 10.4 Å². The third-order valence-electron chi connectivity index (χ3n) is 1.00. The number of hydrogen-bond acceptors (Lipinski definition) is 10. The van der Waals surface area contributed by atoms with Gasteiger partial charge in [0.1, 0.15) is 0 Å². The van der Waals surface area contributed by atoms with E-state index in [1.807, 2.05) is 0 Å². The smallest absolute Gasteiger partial charge is 0.544 e. The minimum atomic E-state index is -1.46. The largest absolute Gasteiger partial charge is 2.00 e. The average Bonchev–Trinajstić information content (AvgIpc) is 2.93. The van der Waals surface area contributed by atoms with E-state index in [9.17, 15) is 19.8 Å². The molecule has 0 atom stereocenters. The molecule has 0 saturated carbocycles. The summed E-state index contributed by atoms with van der Waals surface area (Å²) < 4.78 is 0. The molecule has 0 aliphatic rings. The molecule has 0 aliphatic carbocycles. The number of carbonyl (C=O) groups is 2. The van der Waals surface area contributed by atoms with Crippen molar-refractivity contribution in [3.8, 4) is 0 Å². The van der Waals surface area contributed by atoms with Crippen LogP contribution in [0.1, 0.15) is 21.2 Å². The van der Waals surface area contributed by atoms with E-state index >= 15 is 0 Å². The number of hydrogen-bond donors (Lipinski definition) is 0. The molecule has 2 aromatic rings. The summed E-state index contributed by atoms with van der Waals surface area (Å²) in [6.07, 6.45) is 0. The summed E-state index contributed by atoms with van der Waals surface area (Å²) in [5.74, 6) is -3.89. The van der Waals surface area contributed by atoms with Gasteiger partial charge in [0.05, 0.1) is 23.6 Å². The van der Waals surface area contributed by atoms with E-state index in [1.165, 1.54) is 0 Å². The van der Waals surface area contributed by atoms with E-state index in [1.54, 1.807) is 0 Å². The maximum Gasteiger partial charge on any atom is 2.00 e. The second-order valence-corrected chi connectivity index (χ2v) is 1.98. The molecule has 0 saturated heterocycles. The number of aromatic nitrogens is 8. The molecule has 0 unspecified atom stereocenters. The van der Waals surface area contributed by atoms with Gasteiger partial charge in [-0.25, -0.2) is 0 Å². The molecule has 174 valence electrons. The molecule has 2 rings (SSSR count). The van der Waals surface area contributed by atoms with Gasteiger partial charge in [0.2, 0.25) is 0 Å². The molecular weight excluding hydrogens is 494 g/mol. The summed E-state index contributed by atoms with van der Waals surface area (Å²) in [7, 11) is 0. The van der Waals surface area contributed by atoms with Gasteiger partial charge in [0.15, 0.2) is 0 Å². The Hall–Kier alpha value is -2.28. The van der Waals surface area contributed by atoms with Crippen LogP contribution in [0.15, 0.2) is 0 Å². The van der Waals surface area contributed by atoms with Crippen LogP contribution >= 0.6 is 0 Å². The Balaban J connectivity index is -0.0000000128. The molecule has 0 aromatic carbocycles. The summed E-state index contributed by atoms with van der Waals surface area (Å²) in [6.45, 7) is 0. The van der Waals surface area contributed by atoms with Crippen molar-refractivity contribution in [3.63, 3.8) is 0 Å². The standard InChI is InChI=1S/2C2H2N4O2.2Mn.10H2O/c2*7-2(8)1-3-5-6-4-1;;;;;;;;;;;;/h2*(H2,3,4,5,6,7,8);;;10*1H2/q;;2*+2;;;;;;;;;;/p+2. The predicted octanol–water partition coefficient (Wildman–Crippen LogP) is -14.5. The Labute approximate surface area is 174 Å². The zero-order chi connectivity index (χ0) is 12.0. The Bertz CT molecular complexity index is 427. The maximum atomic E-state index is 9.75. The van der Waals surface area contributed by atoms with Crippen molar-refractivity contribution in [1.29, 1.82) is 0 Å². The van der Waals surface area contributed by atoms with Crippen molar-refractivity contribution < 1.29 is 109 Å². The molecule has 0 aliphatic heterocycles. The van der Waals surface area contributed by atoms with Crippen LogP contribution in [0.5, 0.6) is 0 Å². The van der Waals surface area contributed by atoms with Crippen LogP contribution in [0.25, 0.3) is 0 Å². The molecule has 2 radical (unpaired) electrons. The monoisotopic (exact) mass is 520 g/mol. The zero-order valence-electron chi connectivity index (χ0n) is 13.4. The molecule has 0 bridgehead atoms. The summed E-state index contributed by atoms with van der Waals surface area (Å²) in [5, 5.41) is 43.1. The van der Waals surface area contributed by atoms with Crippen LogP contribution in [-0.4, -0.2) is 64.9 Å². The molecule has 0 amide bonds. The van der Waals surface area contributed by atoms with Crippen LogP contribution in [-0.2, 0) is 67.0 Å². The molecule has 24 heteroatoms. The zero-order valence-corrected chi connectivity index (χ0v) is 15.8. The summed E-state index contributed by atoms with van der Waals surface area (Å²) in [4.78, 5) is 19.5. The van der Waals surface area contributed by atoms with Crippen molar-refractivity contribution in [3.05, 3.63) is 11.6 Å². The number of aromatic carboxylic acids is 2. The van der Waals surface area contributed by atoms with Crippen LogP contribution in [0.2, 0.25) is 0 Å².